The van der Waals surface area contributed by atoms with Gasteiger partial charge in [-0.25, -0.2) is 9.97 Å². The predicted molar refractivity (Wildman–Crippen MR) is 262 cm³/mol. The number of nitrogens with zero attached hydrogens (tertiary/aromatic N) is 4. The Labute approximate surface area is 367 Å². The minimum absolute atomic E-state index is 0.0405. The van der Waals surface area contributed by atoms with Crippen molar-refractivity contribution in [1.82, 2.24) is 14.5 Å². The van der Waals surface area contributed by atoms with Crippen molar-refractivity contribution in [2.24, 2.45) is 0 Å². The van der Waals surface area contributed by atoms with Gasteiger partial charge in [0.1, 0.15) is 0 Å². The zero-order valence-electron chi connectivity index (χ0n) is 34.5. The molecule has 4 nitrogen and oxygen atoms in total. The van der Waals surface area contributed by atoms with Crippen LogP contribution in [0.5, 0.6) is 0 Å². The molecule has 3 unspecified atom stereocenters. The fourth-order valence-electron chi connectivity index (χ4n) is 9.79. The summed E-state index contributed by atoms with van der Waals surface area (Å²) in [6, 6.07) is 67.3. The van der Waals surface area contributed by atoms with Crippen LogP contribution in [0.2, 0.25) is 0 Å². The Morgan fingerprint density at radius 3 is 1.79 bits per heavy atom. The van der Waals surface area contributed by atoms with Crippen molar-refractivity contribution >= 4 is 44.3 Å². The van der Waals surface area contributed by atoms with E-state index in [0.29, 0.717) is 5.82 Å². The van der Waals surface area contributed by atoms with E-state index in [1.165, 1.54) is 61.0 Å². The third kappa shape index (κ3) is 6.55. The van der Waals surface area contributed by atoms with E-state index in [1.807, 2.05) is 12.1 Å². The first-order chi connectivity index (χ1) is 31.2. The molecule has 3 atom stereocenters. The number of benzene rings is 7. The van der Waals surface area contributed by atoms with Gasteiger partial charge in [0.25, 0.3) is 0 Å². The maximum absolute atomic E-state index is 5.14. The molecule has 0 spiro atoms. The van der Waals surface area contributed by atoms with Crippen molar-refractivity contribution in [2.45, 2.75) is 18.0 Å². The fraction of sp³-hybridized carbons (Fsp3) is 0.0508. The lowest BCUT2D eigenvalue weighted by Gasteiger charge is -2.30. The summed E-state index contributed by atoms with van der Waals surface area (Å²) in [5.74, 6) is 0.962. The van der Waals surface area contributed by atoms with Gasteiger partial charge in [-0.2, -0.15) is 0 Å². The van der Waals surface area contributed by atoms with Crippen molar-refractivity contribution < 1.29 is 0 Å². The van der Waals surface area contributed by atoms with Gasteiger partial charge in [0.15, 0.2) is 5.82 Å². The molecule has 2 aromatic heterocycles. The largest absolute Gasteiger partial charge is 0.333 e. The van der Waals surface area contributed by atoms with Crippen LogP contribution >= 0.6 is 0 Å². The molecule has 0 N–H and O–H groups in total. The molecule has 12 rings (SSSR count). The Balaban J connectivity index is 0.913. The van der Waals surface area contributed by atoms with Gasteiger partial charge in [-0.05, 0) is 64.2 Å². The average molecular weight is 807 g/mol. The molecule has 0 amide bonds. The molecule has 0 saturated carbocycles. The van der Waals surface area contributed by atoms with E-state index in [0.717, 1.165) is 28.1 Å². The quantitative estimate of drug-likeness (QED) is 0.161. The smallest absolute Gasteiger partial charge is 0.160 e. The molecule has 0 saturated heterocycles. The van der Waals surface area contributed by atoms with Gasteiger partial charge in [0.2, 0.25) is 0 Å². The summed E-state index contributed by atoms with van der Waals surface area (Å²) in [6.45, 7) is 0. The molecule has 298 valence electrons. The van der Waals surface area contributed by atoms with E-state index in [1.54, 1.807) is 0 Å². The summed E-state index contributed by atoms with van der Waals surface area (Å²) in [7, 11) is 0. The van der Waals surface area contributed by atoms with Crippen LogP contribution in [0.3, 0.4) is 0 Å². The topological polar surface area (TPSA) is 34.0 Å². The first-order valence-electron chi connectivity index (χ1n) is 21.8. The molecular weight excluding hydrogens is 765 g/mol. The molecule has 9 aromatic rings. The van der Waals surface area contributed by atoms with Gasteiger partial charge in [0.05, 0.1) is 29.0 Å². The number of hydrogen-bond donors (Lipinski definition) is 0. The number of anilines is 2. The van der Waals surface area contributed by atoms with Crippen LogP contribution in [0.25, 0.3) is 66.6 Å². The van der Waals surface area contributed by atoms with Crippen LogP contribution in [-0.2, 0) is 0 Å². The number of fused-ring (bicyclic) bond motifs is 6. The van der Waals surface area contributed by atoms with Crippen LogP contribution in [0.4, 0.5) is 11.4 Å². The highest BCUT2D eigenvalue weighted by molar-refractivity contribution is 6.09. The molecule has 7 aromatic carbocycles. The monoisotopic (exact) mass is 806 g/mol. The molecule has 0 fully saturated rings. The summed E-state index contributed by atoms with van der Waals surface area (Å²) in [4.78, 5) is 12.8. The first-order valence-corrected chi connectivity index (χ1v) is 21.8. The third-order valence-electron chi connectivity index (χ3n) is 12.8. The summed E-state index contributed by atoms with van der Waals surface area (Å²) in [5.41, 5.74) is 16.0. The van der Waals surface area contributed by atoms with E-state index < -0.39 is 0 Å². The third-order valence-corrected chi connectivity index (χ3v) is 12.8. The van der Waals surface area contributed by atoms with Gasteiger partial charge in [0, 0.05) is 50.3 Å². The van der Waals surface area contributed by atoms with Gasteiger partial charge < -0.3 is 9.47 Å². The SMILES string of the molecule is C1=CC(n2c3ccccc3c3ccc(C4=CC5C(C=C4)c4ccccc4N5c4ccc(-c5ccccc5)cc4)cc32)C=CC(c2nc(-c3ccccc3)cc(-c3ccccc3)n2)=C1. The van der Waals surface area contributed by atoms with E-state index in [-0.39, 0.29) is 18.0 Å². The van der Waals surface area contributed by atoms with Gasteiger partial charge in [-0.15, -0.1) is 0 Å². The second-order valence-corrected chi connectivity index (χ2v) is 16.5. The Bertz CT molecular complexity index is 3280. The summed E-state index contributed by atoms with van der Waals surface area (Å²) >= 11 is 0. The number of para-hydroxylation sites is 2. The van der Waals surface area contributed by atoms with Gasteiger partial charge in [-0.3, -0.25) is 0 Å². The lowest BCUT2D eigenvalue weighted by molar-refractivity contribution is 0.747. The highest BCUT2D eigenvalue weighted by Gasteiger charge is 2.38. The molecule has 0 radical (unpaired) electrons. The van der Waals surface area contributed by atoms with Crippen molar-refractivity contribution in [3.63, 3.8) is 0 Å². The van der Waals surface area contributed by atoms with Gasteiger partial charge in [-0.1, -0.05) is 200 Å². The summed E-state index contributed by atoms with van der Waals surface area (Å²) < 4.78 is 2.48. The Morgan fingerprint density at radius 2 is 1.05 bits per heavy atom. The highest BCUT2D eigenvalue weighted by atomic mass is 15.2. The molecule has 0 bridgehead atoms. The average Bonchev–Trinajstić information content (AvgIpc) is 3.75. The molecule has 4 heteroatoms. The maximum Gasteiger partial charge on any atom is 0.160 e. The van der Waals surface area contributed by atoms with Crippen LogP contribution in [0.1, 0.15) is 28.9 Å². The second-order valence-electron chi connectivity index (χ2n) is 16.5. The van der Waals surface area contributed by atoms with Crippen LogP contribution < -0.4 is 4.90 Å². The molecular formula is C59H42N4. The van der Waals surface area contributed by atoms with E-state index in [4.69, 9.17) is 9.97 Å². The molecule has 3 heterocycles. The number of rotatable bonds is 7. The van der Waals surface area contributed by atoms with Crippen molar-refractivity contribution in [2.75, 3.05) is 4.90 Å². The fourth-order valence-corrected chi connectivity index (χ4v) is 9.79. The maximum atomic E-state index is 5.14. The minimum Gasteiger partial charge on any atom is -0.333 e. The van der Waals surface area contributed by atoms with E-state index in [2.05, 4.69) is 234 Å². The van der Waals surface area contributed by atoms with Crippen molar-refractivity contribution in [1.29, 1.82) is 0 Å². The van der Waals surface area contributed by atoms with Crippen molar-refractivity contribution in [3.8, 4) is 33.6 Å². The molecule has 63 heavy (non-hydrogen) atoms. The summed E-state index contributed by atoms with van der Waals surface area (Å²) in [6.07, 6.45) is 18.3. The van der Waals surface area contributed by atoms with E-state index >= 15 is 0 Å². The van der Waals surface area contributed by atoms with Crippen LogP contribution in [0, 0.1) is 0 Å². The Hall–Kier alpha value is -8.08. The lowest BCUT2D eigenvalue weighted by Crippen LogP contribution is -2.29. The van der Waals surface area contributed by atoms with Crippen LogP contribution in [0.15, 0.2) is 237 Å². The van der Waals surface area contributed by atoms with Crippen molar-refractivity contribution in [3.05, 3.63) is 254 Å². The van der Waals surface area contributed by atoms with Crippen LogP contribution in [-0.4, -0.2) is 20.6 Å². The number of hydrogen-bond acceptors (Lipinski definition) is 3. The molecule has 3 aliphatic rings. The minimum atomic E-state index is -0.0405. The predicted octanol–water partition coefficient (Wildman–Crippen LogP) is 14.6. The first kappa shape index (κ1) is 36.7. The zero-order chi connectivity index (χ0) is 41.7. The number of allylic oxidation sites excluding steroid dienone is 8. The standard InChI is InChI=1S/C59H42N4/c1-4-15-40(16-5-1)41-27-32-48(33-28-41)63-56-26-13-11-24-50(56)52-36-31-46(38-58(52)63)45-30-35-51-49-23-10-12-25-55(49)62(57(51)37-45)47-22-14-21-44(29-34-47)59-60-53(42-17-6-2-7-18-42)39-54(61-59)43-19-8-3-9-20-43/h1-39,47,52,58H. The number of aromatic nitrogens is 3. The molecule has 1 aliphatic heterocycles. The Kier molecular flexibility index (Phi) is 9.00. The highest BCUT2D eigenvalue weighted by Crippen LogP contribution is 2.49. The lowest BCUT2D eigenvalue weighted by atomic mass is 9.86. The van der Waals surface area contributed by atoms with Gasteiger partial charge >= 0.3 is 0 Å². The van der Waals surface area contributed by atoms with E-state index in [9.17, 15) is 0 Å². The summed E-state index contributed by atoms with van der Waals surface area (Å²) in [5, 5.41) is 2.49. The second kappa shape index (κ2) is 15.4. The Morgan fingerprint density at radius 1 is 0.444 bits per heavy atom. The zero-order valence-corrected chi connectivity index (χ0v) is 34.5. The normalized spacial score (nSPS) is 17.7. The molecule has 2 aliphatic carbocycles.